The Kier molecular flexibility index (Phi) is 6.90. The van der Waals surface area contributed by atoms with Gasteiger partial charge in [0.25, 0.3) is 0 Å². The van der Waals surface area contributed by atoms with Crippen LogP contribution in [0, 0.1) is 11.3 Å². The van der Waals surface area contributed by atoms with Crippen LogP contribution in [0.1, 0.15) is 19.4 Å². The number of nitriles is 1. The summed E-state index contributed by atoms with van der Waals surface area (Å²) in [7, 11) is 1.62. The Morgan fingerprint density at radius 1 is 1.14 bits per heavy atom. The van der Waals surface area contributed by atoms with Crippen LogP contribution < -0.4 is 5.32 Å². The van der Waals surface area contributed by atoms with Gasteiger partial charge in [0.2, 0.25) is 11.8 Å². The maximum absolute atomic E-state index is 12.0. The van der Waals surface area contributed by atoms with E-state index in [1.54, 1.807) is 36.2 Å². The number of likely N-dealkylation sites (N-methyl/N-ethyl adjacent to an activating group) is 2. The fourth-order valence-corrected chi connectivity index (χ4v) is 1.94. The molecule has 0 bridgehead atoms. The molecule has 0 aromatic heterocycles. The van der Waals surface area contributed by atoms with Crippen molar-refractivity contribution < 1.29 is 9.59 Å². The molecule has 0 aliphatic rings. The van der Waals surface area contributed by atoms with Crippen molar-refractivity contribution in [1.29, 1.82) is 5.26 Å². The number of hydrogen-bond donors (Lipinski definition) is 1. The number of carbonyl (C=O) groups excluding carboxylic acids is 2. The second kappa shape index (κ2) is 8.67. The number of nitrogens with zero attached hydrogens (tertiary/aromatic N) is 3. The highest BCUT2D eigenvalue weighted by atomic mass is 16.2. The Bertz CT molecular complexity index is 544. The number of anilines is 1. The number of nitrogens with one attached hydrogen (secondary N) is 1. The molecule has 0 heterocycles. The Morgan fingerprint density at radius 3 is 2.23 bits per heavy atom. The first kappa shape index (κ1) is 17.5. The molecule has 0 aliphatic heterocycles. The van der Waals surface area contributed by atoms with Gasteiger partial charge in [-0.1, -0.05) is 0 Å². The summed E-state index contributed by atoms with van der Waals surface area (Å²) in [5.41, 5.74) is 1.33. The standard InChI is InChI=1S/C16H22N4O2/c1-4-20(5-2)16(22)12-19(3)15(21)11-18-14-8-6-13(10-17)7-9-14/h6-9,18H,4-5,11-12H2,1-3H3. The molecule has 1 aromatic carbocycles. The molecule has 0 fully saturated rings. The molecule has 0 unspecified atom stereocenters. The van der Waals surface area contributed by atoms with Gasteiger partial charge >= 0.3 is 0 Å². The molecule has 0 atom stereocenters. The molecule has 6 heteroatoms. The van der Waals surface area contributed by atoms with Crippen LogP contribution in [0.2, 0.25) is 0 Å². The first-order valence-corrected chi connectivity index (χ1v) is 7.27. The zero-order valence-corrected chi connectivity index (χ0v) is 13.3. The van der Waals surface area contributed by atoms with Gasteiger partial charge in [-0.25, -0.2) is 0 Å². The Balaban J connectivity index is 2.47. The van der Waals surface area contributed by atoms with Crippen LogP contribution in [-0.4, -0.2) is 54.8 Å². The molecular formula is C16H22N4O2. The van der Waals surface area contributed by atoms with Crippen molar-refractivity contribution in [2.75, 3.05) is 38.5 Å². The van der Waals surface area contributed by atoms with Crippen molar-refractivity contribution >= 4 is 17.5 Å². The van der Waals surface area contributed by atoms with Crippen molar-refractivity contribution in [3.8, 4) is 6.07 Å². The molecule has 0 saturated heterocycles. The SMILES string of the molecule is CCN(CC)C(=O)CN(C)C(=O)CNc1ccc(C#N)cc1. The van der Waals surface area contributed by atoms with Gasteiger partial charge in [-0.15, -0.1) is 0 Å². The van der Waals surface area contributed by atoms with Crippen LogP contribution in [0.25, 0.3) is 0 Å². The average molecular weight is 302 g/mol. The van der Waals surface area contributed by atoms with Crippen LogP contribution in [0.3, 0.4) is 0 Å². The van der Waals surface area contributed by atoms with E-state index in [2.05, 4.69) is 5.32 Å². The summed E-state index contributed by atoms with van der Waals surface area (Å²) in [6.45, 7) is 5.29. The van der Waals surface area contributed by atoms with Gasteiger partial charge < -0.3 is 15.1 Å². The highest BCUT2D eigenvalue weighted by molar-refractivity contribution is 5.86. The van der Waals surface area contributed by atoms with Crippen LogP contribution in [0.4, 0.5) is 5.69 Å². The minimum atomic E-state index is -0.162. The number of hydrogen-bond acceptors (Lipinski definition) is 4. The Labute approximate surface area is 131 Å². The molecule has 0 spiro atoms. The van der Waals surface area contributed by atoms with E-state index < -0.39 is 0 Å². The van der Waals surface area contributed by atoms with Crippen LogP contribution in [0.15, 0.2) is 24.3 Å². The number of amides is 2. The highest BCUT2D eigenvalue weighted by Gasteiger charge is 2.16. The Morgan fingerprint density at radius 2 is 1.73 bits per heavy atom. The van der Waals surface area contributed by atoms with Crippen molar-refractivity contribution in [1.82, 2.24) is 9.80 Å². The zero-order valence-electron chi connectivity index (χ0n) is 13.3. The van der Waals surface area contributed by atoms with E-state index in [-0.39, 0.29) is 24.9 Å². The maximum atomic E-state index is 12.0. The van der Waals surface area contributed by atoms with E-state index in [4.69, 9.17) is 5.26 Å². The third-order valence-electron chi connectivity index (χ3n) is 3.37. The van der Waals surface area contributed by atoms with Gasteiger partial charge in [-0.2, -0.15) is 5.26 Å². The monoisotopic (exact) mass is 302 g/mol. The van der Waals surface area contributed by atoms with Crippen LogP contribution in [0.5, 0.6) is 0 Å². The topological polar surface area (TPSA) is 76.4 Å². The van der Waals surface area contributed by atoms with E-state index in [1.807, 2.05) is 19.9 Å². The van der Waals surface area contributed by atoms with E-state index in [1.165, 1.54) is 4.90 Å². The summed E-state index contributed by atoms with van der Waals surface area (Å²) in [4.78, 5) is 27.1. The van der Waals surface area contributed by atoms with E-state index in [9.17, 15) is 9.59 Å². The number of benzene rings is 1. The molecule has 0 aliphatic carbocycles. The lowest BCUT2D eigenvalue weighted by Crippen LogP contribution is -2.42. The lowest BCUT2D eigenvalue weighted by molar-refractivity contribution is -0.138. The van der Waals surface area contributed by atoms with Gasteiger partial charge in [-0.3, -0.25) is 9.59 Å². The summed E-state index contributed by atoms with van der Waals surface area (Å²) < 4.78 is 0. The first-order chi connectivity index (χ1) is 10.5. The van der Waals surface area contributed by atoms with Crippen LogP contribution in [-0.2, 0) is 9.59 Å². The lowest BCUT2D eigenvalue weighted by atomic mass is 10.2. The molecule has 2 amide bonds. The molecule has 1 rings (SSSR count). The lowest BCUT2D eigenvalue weighted by Gasteiger charge is -2.23. The molecule has 1 N–H and O–H groups in total. The van der Waals surface area contributed by atoms with Gasteiger partial charge in [0, 0.05) is 25.8 Å². The van der Waals surface area contributed by atoms with E-state index >= 15 is 0 Å². The number of carbonyl (C=O) groups is 2. The first-order valence-electron chi connectivity index (χ1n) is 7.27. The molecule has 118 valence electrons. The summed E-state index contributed by atoms with van der Waals surface area (Å²) in [5, 5.41) is 11.7. The molecule has 22 heavy (non-hydrogen) atoms. The molecule has 6 nitrogen and oxygen atoms in total. The largest absolute Gasteiger partial charge is 0.376 e. The van der Waals surface area contributed by atoms with Crippen molar-refractivity contribution in [3.05, 3.63) is 29.8 Å². The fourth-order valence-electron chi connectivity index (χ4n) is 1.94. The van der Waals surface area contributed by atoms with Gasteiger partial charge in [0.05, 0.1) is 24.7 Å². The van der Waals surface area contributed by atoms with Gasteiger partial charge in [-0.05, 0) is 38.1 Å². The maximum Gasteiger partial charge on any atom is 0.242 e. The predicted molar refractivity (Wildman–Crippen MR) is 85.2 cm³/mol. The summed E-state index contributed by atoms with van der Waals surface area (Å²) >= 11 is 0. The van der Waals surface area contributed by atoms with E-state index in [0.717, 1.165) is 5.69 Å². The summed E-state index contributed by atoms with van der Waals surface area (Å²) in [5.74, 6) is -0.218. The fraction of sp³-hybridized carbons (Fsp3) is 0.438. The highest BCUT2D eigenvalue weighted by Crippen LogP contribution is 2.08. The van der Waals surface area contributed by atoms with Crippen LogP contribution >= 0.6 is 0 Å². The third-order valence-corrected chi connectivity index (χ3v) is 3.37. The van der Waals surface area contributed by atoms with Gasteiger partial charge in [0.15, 0.2) is 0 Å². The quantitative estimate of drug-likeness (QED) is 0.823. The molecule has 1 aromatic rings. The normalized spacial score (nSPS) is 9.73. The average Bonchev–Trinajstić information content (AvgIpc) is 2.54. The second-order valence-electron chi connectivity index (χ2n) is 4.86. The minimum Gasteiger partial charge on any atom is -0.376 e. The smallest absolute Gasteiger partial charge is 0.242 e. The van der Waals surface area contributed by atoms with Crippen molar-refractivity contribution in [2.24, 2.45) is 0 Å². The predicted octanol–water partition coefficient (Wildman–Crippen LogP) is 1.30. The zero-order chi connectivity index (χ0) is 16.5. The Hall–Kier alpha value is -2.55. The molecular weight excluding hydrogens is 280 g/mol. The van der Waals surface area contributed by atoms with Crippen molar-refractivity contribution in [3.63, 3.8) is 0 Å². The second-order valence-corrected chi connectivity index (χ2v) is 4.86. The third kappa shape index (κ3) is 5.09. The van der Waals surface area contributed by atoms with Crippen molar-refractivity contribution in [2.45, 2.75) is 13.8 Å². The summed E-state index contributed by atoms with van der Waals surface area (Å²) in [6, 6.07) is 8.88. The summed E-state index contributed by atoms with van der Waals surface area (Å²) in [6.07, 6.45) is 0. The van der Waals surface area contributed by atoms with Gasteiger partial charge in [0.1, 0.15) is 0 Å². The minimum absolute atomic E-state index is 0.0563. The molecule has 0 saturated carbocycles. The number of rotatable bonds is 7. The van der Waals surface area contributed by atoms with E-state index in [0.29, 0.717) is 18.7 Å². The molecule has 0 radical (unpaired) electrons.